The van der Waals surface area contributed by atoms with E-state index in [9.17, 15) is 4.79 Å². The van der Waals surface area contributed by atoms with Gasteiger partial charge in [0, 0.05) is 43.1 Å². The van der Waals surface area contributed by atoms with Crippen LogP contribution in [0.4, 0.5) is 5.82 Å². The summed E-state index contributed by atoms with van der Waals surface area (Å²) in [5.41, 5.74) is 4.45. The number of methoxy groups -OCH3 is 1. The Labute approximate surface area is 198 Å². The molecule has 3 heterocycles. The summed E-state index contributed by atoms with van der Waals surface area (Å²) in [6.07, 6.45) is 10.3. The van der Waals surface area contributed by atoms with Crippen molar-refractivity contribution >= 4 is 11.7 Å². The van der Waals surface area contributed by atoms with Gasteiger partial charge < -0.3 is 9.47 Å². The van der Waals surface area contributed by atoms with Gasteiger partial charge in [-0.2, -0.15) is 5.10 Å². The summed E-state index contributed by atoms with van der Waals surface area (Å²) in [5.74, 6) is 3.06. The average molecular weight is 460 g/mol. The van der Waals surface area contributed by atoms with E-state index in [-0.39, 0.29) is 18.7 Å². The van der Waals surface area contributed by atoms with Gasteiger partial charge in [0.1, 0.15) is 5.75 Å². The number of amides is 1. The van der Waals surface area contributed by atoms with Crippen LogP contribution in [-0.2, 0) is 23.0 Å². The molecular formula is C26H29N5O3. The standard InChI is InChI=1S/C26H29N5O3/c1-30-14-20(13-27-30)18-5-6-22(24(11-18)34-15-33-2)23-10-19-12-25(32)31(26(19)29-28-23)21-8-16-3-4-17(7-16)9-21/h5-6,10-11,13-14,16-17,21H,3-4,7-9,12,15H2,1-2H3/t16-,17?,21+/m0/s1. The molecule has 3 atom stereocenters. The highest BCUT2D eigenvalue weighted by molar-refractivity contribution is 6.01. The van der Waals surface area contributed by atoms with E-state index in [0.29, 0.717) is 17.9 Å². The molecule has 2 bridgehead atoms. The van der Waals surface area contributed by atoms with Crippen LogP contribution >= 0.6 is 0 Å². The first-order valence-corrected chi connectivity index (χ1v) is 12.0. The molecule has 2 aliphatic carbocycles. The van der Waals surface area contributed by atoms with Crippen molar-refractivity contribution in [2.75, 3.05) is 18.8 Å². The Bertz CT molecular complexity index is 1230. The topological polar surface area (TPSA) is 82.4 Å². The van der Waals surface area contributed by atoms with Gasteiger partial charge in [-0.25, -0.2) is 0 Å². The van der Waals surface area contributed by atoms with Crippen LogP contribution in [0.2, 0.25) is 0 Å². The highest BCUT2D eigenvalue weighted by Crippen LogP contribution is 2.46. The quantitative estimate of drug-likeness (QED) is 0.519. The number of fused-ring (bicyclic) bond motifs is 3. The van der Waals surface area contributed by atoms with E-state index in [1.807, 2.05) is 48.6 Å². The van der Waals surface area contributed by atoms with E-state index < -0.39 is 0 Å². The van der Waals surface area contributed by atoms with Crippen LogP contribution in [0, 0.1) is 11.8 Å². The maximum atomic E-state index is 13.0. The third-order valence-electron chi connectivity index (χ3n) is 7.54. The molecule has 3 aliphatic rings. The van der Waals surface area contributed by atoms with Crippen LogP contribution < -0.4 is 9.64 Å². The lowest BCUT2D eigenvalue weighted by Crippen LogP contribution is -2.42. The fraction of sp³-hybridized carbons (Fsp3) is 0.462. The highest BCUT2D eigenvalue weighted by Gasteiger charge is 2.42. The Hall–Kier alpha value is -3.26. The Morgan fingerprint density at radius 3 is 2.62 bits per heavy atom. The number of carbonyl (C=O) groups excluding carboxylic acids is 1. The summed E-state index contributed by atoms with van der Waals surface area (Å²) in [7, 11) is 3.49. The van der Waals surface area contributed by atoms with Gasteiger partial charge in [0.25, 0.3) is 0 Å². The zero-order valence-corrected chi connectivity index (χ0v) is 19.6. The minimum Gasteiger partial charge on any atom is -0.467 e. The molecule has 3 aromatic rings. The monoisotopic (exact) mass is 459 g/mol. The molecule has 2 saturated carbocycles. The van der Waals surface area contributed by atoms with Gasteiger partial charge in [-0.3, -0.25) is 14.4 Å². The largest absolute Gasteiger partial charge is 0.467 e. The number of aryl methyl sites for hydroxylation is 1. The van der Waals surface area contributed by atoms with E-state index in [2.05, 4.69) is 15.3 Å². The molecule has 176 valence electrons. The molecule has 0 radical (unpaired) electrons. The van der Waals surface area contributed by atoms with Crippen LogP contribution in [0.15, 0.2) is 36.7 Å². The number of anilines is 1. The molecular weight excluding hydrogens is 430 g/mol. The lowest BCUT2D eigenvalue weighted by Gasteiger charge is -2.34. The van der Waals surface area contributed by atoms with E-state index in [0.717, 1.165) is 52.7 Å². The van der Waals surface area contributed by atoms with Gasteiger partial charge in [-0.05, 0) is 54.9 Å². The van der Waals surface area contributed by atoms with Crippen LogP contribution in [0.25, 0.3) is 22.4 Å². The molecule has 2 aromatic heterocycles. The molecule has 0 spiro atoms. The summed E-state index contributed by atoms with van der Waals surface area (Å²) in [6, 6.07) is 8.23. The van der Waals surface area contributed by atoms with Crippen molar-refractivity contribution in [1.82, 2.24) is 20.0 Å². The lowest BCUT2D eigenvalue weighted by molar-refractivity contribution is -0.118. The molecule has 2 fully saturated rings. The smallest absolute Gasteiger partial charge is 0.233 e. The number of benzene rings is 1. The number of rotatable bonds is 6. The number of aromatic nitrogens is 4. The fourth-order valence-corrected chi connectivity index (χ4v) is 6.04. The van der Waals surface area contributed by atoms with Crippen LogP contribution in [0.5, 0.6) is 5.75 Å². The molecule has 1 aromatic carbocycles. The van der Waals surface area contributed by atoms with Crippen molar-refractivity contribution in [2.45, 2.75) is 44.6 Å². The predicted molar refractivity (Wildman–Crippen MR) is 127 cm³/mol. The Kier molecular flexibility index (Phi) is 5.32. The molecule has 6 rings (SSSR count). The minimum atomic E-state index is 0.123. The van der Waals surface area contributed by atoms with Gasteiger partial charge in [0.05, 0.1) is 18.3 Å². The van der Waals surface area contributed by atoms with Gasteiger partial charge in [0.15, 0.2) is 12.6 Å². The van der Waals surface area contributed by atoms with Crippen molar-refractivity contribution in [2.24, 2.45) is 18.9 Å². The Balaban J connectivity index is 1.33. The highest BCUT2D eigenvalue weighted by atomic mass is 16.7. The van der Waals surface area contributed by atoms with Gasteiger partial charge in [0.2, 0.25) is 5.91 Å². The SMILES string of the molecule is COCOc1cc(-c2cnn(C)c2)ccc1-c1cc2c(nn1)N([C@H]1CC3CC[C@@H](C3)C1)C(=O)C2. The van der Waals surface area contributed by atoms with E-state index in [4.69, 9.17) is 9.47 Å². The minimum absolute atomic E-state index is 0.123. The third kappa shape index (κ3) is 3.76. The number of nitrogens with zero attached hydrogens (tertiary/aromatic N) is 5. The second-order valence-electron chi connectivity index (χ2n) is 9.85. The third-order valence-corrected chi connectivity index (χ3v) is 7.54. The Morgan fingerprint density at radius 2 is 1.88 bits per heavy atom. The van der Waals surface area contributed by atoms with Crippen molar-refractivity contribution in [1.29, 1.82) is 0 Å². The second-order valence-corrected chi connectivity index (χ2v) is 9.85. The van der Waals surface area contributed by atoms with Crippen molar-refractivity contribution < 1.29 is 14.3 Å². The number of hydrogen-bond acceptors (Lipinski definition) is 6. The molecule has 8 heteroatoms. The van der Waals surface area contributed by atoms with E-state index >= 15 is 0 Å². The van der Waals surface area contributed by atoms with Crippen LogP contribution in [-0.4, -0.2) is 45.8 Å². The Morgan fingerprint density at radius 1 is 1.06 bits per heavy atom. The number of carbonyl (C=O) groups is 1. The summed E-state index contributed by atoms with van der Waals surface area (Å²) < 4.78 is 12.8. The fourth-order valence-electron chi connectivity index (χ4n) is 6.04. The molecule has 0 saturated heterocycles. The average Bonchev–Trinajstić information content (AvgIpc) is 3.52. The molecule has 1 amide bonds. The van der Waals surface area contributed by atoms with Crippen LogP contribution in [0.1, 0.15) is 37.7 Å². The number of hydrogen-bond donors (Lipinski definition) is 0. The second kappa shape index (κ2) is 8.51. The van der Waals surface area contributed by atoms with Gasteiger partial charge in [-0.1, -0.05) is 18.9 Å². The first-order valence-electron chi connectivity index (χ1n) is 12.0. The zero-order chi connectivity index (χ0) is 23.2. The molecule has 1 aliphatic heterocycles. The maximum absolute atomic E-state index is 13.0. The van der Waals surface area contributed by atoms with Gasteiger partial charge >= 0.3 is 0 Å². The van der Waals surface area contributed by atoms with Crippen molar-refractivity contribution in [3.05, 3.63) is 42.2 Å². The summed E-state index contributed by atoms with van der Waals surface area (Å²) in [5, 5.41) is 13.4. The predicted octanol–water partition coefficient (Wildman–Crippen LogP) is 3.99. The molecule has 1 unspecified atom stereocenters. The first-order chi connectivity index (χ1) is 16.6. The lowest BCUT2D eigenvalue weighted by atomic mass is 9.85. The summed E-state index contributed by atoms with van der Waals surface area (Å²) in [4.78, 5) is 15.0. The summed E-state index contributed by atoms with van der Waals surface area (Å²) in [6.45, 7) is 0.123. The molecule has 8 nitrogen and oxygen atoms in total. The molecule has 34 heavy (non-hydrogen) atoms. The first kappa shape index (κ1) is 21.3. The summed E-state index contributed by atoms with van der Waals surface area (Å²) >= 11 is 0. The normalized spacial score (nSPS) is 23.4. The van der Waals surface area contributed by atoms with Gasteiger partial charge in [-0.15, -0.1) is 10.2 Å². The van der Waals surface area contributed by atoms with E-state index in [1.54, 1.807) is 11.8 Å². The number of ether oxygens (including phenoxy) is 2. The van der Waals surface area contributed by atoms with Crippen LogP contribution in [0.3, 0.4) is 0 Å². The molecule has 0 N–H and O–H groups in total. The van der Waals surface area contributed by atoms with Crippen molar-refractivity contribution in [3.8, 4) is 28.1 Å². The van der Waals surface area contributed by atoms with Crippen molar-refractivity contribution in [3.63, 3.8) is 0 Å². The van der Waals surface area contributed by atoms with E-state index in [1.165, 1.54) is 19.3 Å². The maximum Gasteiger partial charge on any atom is 0.233 e. The zero-order valence-electron chi connectivity index (χ0n) is 19.6.